The predicted octanol–water partition coefficient (Wildman–Crippen LogP) is 0.516. The topological polar surface area (TPSA) is 65.4 Å². The molecule has 0 radical (unpaired) electrons. The van der Waals surface area contributed by atoms with Crippen molar-refractivity contribution in [2.75, 3.05) is 26.8 Å². The molecule has 0 bridgehead atoms. The molecule has 1 aliphatic heterocycles. The fourth-order valence-corrected chi connectivity index (χ4v) is 3.07. The molecular weight excluding hydrogens is 230 g/mol. The maximum Gasteiger partial charge on any atom is 0.239 e. The van der Waals surface area contributed by atoms with Crippen molar-refractivity contribution in [3.05, 3.63) is 0 Å². The highest BCUT2D eigenvalue weighted by atomic mass is 16.5. The van der Waals surface area contributed by atoms with Crippen molar-refractivity contribution in [1.82, 2.24) is 10.2 Å². The minimum atomic E-state index is -0.234. The van der Waals surface area contributed by atoms with E-state index >= 15 is 0 Å². The van der Waals surface area contributed by atoms with E-state index in [1.165, 1.54) is 0 Å². The second-order valence-electron chi connectivity index (χ2n) is 5.03. The molecule has 18 heavy (non-hydrogen) atoms. The van der Waals surface area contributed by atoms with E-state index in [4.69, 9.17) is 4.74 Å². The lowest BCUT2D eigenvalue weighted by Crippen LogP contribution is -2.58. The van der Waals surface area contributed by atoms with Gasteiger partial charge in [-0.1, -0.05) is 12.8 Å². The molecule has 1 saturated carbocycles. The minimum Gasteiger partial charge on any atom is -0.378 e. The Morgan fingerprint density at radius 3 is 2.94 bits per heavy atom. The minimum absolute atomic E-state index is 0.00281. The molecule has 0 spiro atoms. The van der Waals surface area contributed by atoms with Gasteiger partial charge < -0.3 is 10.1 Å². The SMILES string of the molecule is CNC(=O)C1COCCN1C1CCCCC1C#N. The summed E-state index contributed by atoms with van der Waals surface area (Å²) in [5, 5.41) is 12.0. The summed E-state index contributed by atoms with van der Waals surface area (Å²) in [6, 6.07) is 2.40. The molecule has 1 aliphatic carbocycles. The Labute approximate surface area is 108 Å². The van der Waals surface area contributed by atoms with Gasteiger partial charge in [0.25, 0.3) is 0 Å². The summed E-state index contributed by atoms with van der Waals surface area (Å²) in [7, 11) is 1.65. The molecule has 2 fully saturated rings. The second kappa shape index (κ2) is 6.17. The monoisotopic (exact) mass is 251 g/mol. The van der Waals surface area contributed by atoms with Gasteiger partial charge in [-0.05, 0) is 12.8 Å². The fraction of sp³-hybridized carbons (Fsp3) is 0.846. The summed E-state index contributed by atoms with van der Waals surface area (Å²) >= 11 is 0. The average Bonchev–Trinajstić information content (AvgIpc) is 2.46. The highest BCUT2D eigenvalue weighted by molar-refractivity contribution is 5.81. The number of nitriles is 1. The molecule has 2 rings (SSSR count). The van der Waals surface area contributed by atoms with Crippen LogP contribution >= 0.6 is 0 Å². The lowest BCUT2D eigenvalue weighted by molar-refractivity contribution is -0.135. The van der Waals surface area contributed by atoms with Gasteiger partial charge in [0.15, 0.2) is 0 Å². The van der Waals surface area contributed by atoms with Crippen molar-refractivity contribution in [2.24, 2.45) is 5.92 Å². The third kappa shape index (κ3) is 2.65. The summed E-state index contributed by atoms with van der Waals surface area (Å²) < 4.78 is 5.41. The lowest BCUT2D eigenvalue weighted by atomic mass is 9.83. The van der Waals surface area contributed by atoms with E-state index in [1.54, 1.807) is 7.05 Å². The number of carbonyl (C=O) groups excluding carboxylic acids is 1. The van der Waals surface area contributed by atoms with Gasteiger partial charge in [-0.3, -0.25) is 9.69 Å². The molecule has 0 aromatic rings. The molecule has 1 amide bonds. The maximum atomic E-state index is 11.9. The Morgan fingerprint density at radius 1 is 1.44 bits per heavy atom. The van der Waals surface area contributed by atoms with Gasteiger partial charge >= 0.3 is 0 Å². The summed E-state index contributed by atoms with van der Waals surface area (Å²) in [6.07, 6.45) is 4.26. The zero-order chi connectivity index (χ0) is 13.0. The van der Waals surface area contributed by atoms with Crippen molar-refractivity contribution in [3.63, 3.8) is 0 Å². The molecule has 2 aliphatic rings. The van der Waals surface area contributed by atoms with E-state index in [-0.39, 0.29) is 23.9 Å². The Balaban J connectivity index is 2.12. The zero-order valence-corrected chi connectivity index (χ0v) is 10.9. The van der Waals surface area contributed by atoms with Crippen LogP contribution in [0.25, 0.3) is 0 Å². The standard InChI is InChI=1S/C13H21N3O2/c1-15-13(17)12-9-18-7-6-16(12)11-5-3-2-4-10(11)8-14/h10-12H,2-7,9H2,1H3,(H,15,17). The third-order valence-electron chi connectivity index (χ3n) is 4.04. The van der Waals surface area contributed by atoms with Gasteiger partial charge in [-0.2, -0.15) is 5.26 Å². The normalized spacial score (nSPS) is 33.7. The van der Waals surface area contributed by atoms with Crippen LogP contribution in [0.4, 0.5) is 0 Å². The quantitative estimate of drug-likeness (QED) is 0.777. The molecule has 1 saturated heterocycles. The molecule has 5 nitrogen and oxygen atoms in total. The molecule has 3 atom stereocenters. The molecule has 1 heterocycles. The summed E-state index contributed by atoms with van der Waals surface area (Å²) in [5.41, 5.74) is 0. The first-order valence-corrected chi connectivity index (χ1v) is 6.72. The first-order chi connectivity index (χ1) is 8.77. The Bertz CT molecular complexity index is 340. The van der Waals surface area contributed by atoms with Crippen LogP contribution in [-0.4, -0.2) is 49.7 Å². The highest BCUT2D eigenvalue weighted by Gasteiger charge is 2.38. The number of likely N-dealkylation sites (N-methyl/N-ethyl adjacent to an activating group) is 1. The van der Waals surface area contributed by atoms with E-state index in [9.17, 15) is 10.1 Å². The predicted molar refractivity (Wildman–Crippen MR) is 66.7 cm³/mol. The van der Waals surface area contributed by atoms with Crippen molar-refractivity contribution in [3.8, 4) is 6.07 Å². The average molecular weight is 251 g/mol. The largest absolute Gasteiger partial charge is 0.378 e. The number of carbonyl (C=O) groups is 1. The van der Waals surface area contributed by atoms with Crippen LogP contribution in [0.1, 0.15) is 25.7 Å². The van der Waals surface area contributed by atoms with Crippen LogP contribution in [-0.2, 0) is 9.53 Å². The van der Waals surface area contributed by atoms with Crippen LogP contribution in [0.3, 0.4) is 0 Å². The smallest absolute Gasteiger partial charge is 0.239 e. The van der Waals surface area contributed by atoms with Crippen LogP contribution in [0.15, 0.2) is 0 Å². The second-order valence-corrected chi connectivity index (χ2v) is 5.03. The van der Waals surface area contributed by atoms with E-state index in [0.29, 0.717) is 13.2 Å². The number of nitrogens with one attached hydrogen (secondary N) is 1. The number of hydrogen-bond acceptors (Lipinski definition) is 4. The Morgan fingerprint density at radius 2 is 2.22 bits per heavy atom. The molecule has 5 heteroatoms. The summed E-state index contributed by atoms with van der Waals surface area (Å²) in [5.74, 6) is 0.0565. The van der Waals surface area contributed by atoms with Gasteiger partial charge in [-0.25, -0.2) is 0 Å². The van der Waals surface area contributed by atoms with E-state index < -0.39 is 0 Å². The summed E-state index contributed by atoms with van der Waals surface area (Å²) in [4.78, 5) is 14.1. The van der Waals surface area contributed by atoms with Gasteiger partial charge in [0.1, 0.15) is 6.04 Å². The van der Waals surface area contributed by atoms with Crippen LogP contribution in [0, 0.1) is 17.2 Å². The highest BCUT2D eigenvalue weighted by Crippen LogP contribution is 2.30. The summed E-state index contributed by atoms with van der Waals surface area (Å²) in [6.45, 7) is 1.84. The van der Waals surface area contributed by atoms with Crippen LogP contribution in [0.5, 0.6) is 0 Å². The Hall–Kier alpha value is -1.12. The molecule has 1 N–H and O–H groups in total. The number of amides is 1. The first kappa shape index (κ1) is 13.3. The van der Waals surface area contributed by atoms with E-state index in [2.05, 4.69) is 16.3 Å². The van der Waals surface area contributed by atoms with Gasteiger partial charge in [0, 0.05) is 19.6 Å². The molecular formula is C13H21N3O2. The maximum absolute atomic E-state index is 11.9. The van der Waals surface area contributed by atoms with Crippen molar-refractivity contribution >= 4 is 5.91 Å². The van der Waals surface area contributed by atoms with Crippen molar-refractivity contribution < 1.29 is 9.53 Å². The van der Waals surface area contributed by atoms with E-state index in [1.807, 2.05) is 0 Å². The zero-order valence-electron chi connectivity index (χ0n) is 10.9. The number of nitrogens with zero attached hydrogens (tertiary/aromatic N) is 2. The van der Waals surface area contributed by atoms with Gasteiger partial charge in [0.2, 0.25) is 5.91 Å². The number of ether oxygens (including phenoxy) is 1. The van der Waals surface area contributed by atoms with Crippen LogP contribution in [0.2, 0.25) is 0 Å². The third-order valence-corrected chi connectivity index (χ3v) is 4.04. The van der Waals surface area contributed by atoms with E-state index in [0.717, 1.165) is 32.2 Å². The fourth-order valence-electron chi connectivity index (χ4n) is 3.07. The van der Waals surface area contributed by atoms with Crippen LogP contribution < -0.4 is 5.32 Å². The molecule has 100 valence electrons. The first-order valence-electron chi connectivity index (χ1n) is 6.72. The molecule has 0 aromatic carbocycles. The Kier molecular flexibility index (Phi) is 4.56. The molecule has 0 aromatic heterocycles. The number of rotatable bonds is 2. The number of morpholine rings is 1. The number of hydrogen-bond donors (Lipinski definition) is 1. The van der Waals surface area contributed by atoms with Gasteiger partial charge in [-0.15, -0.1) is 0 Å². The van der Waals surface area contributed by atoms with Crippen molar-refractivity contribution in [2.45, 2.75) is 37.8 Å². The lowest BCUT2D eigenvalue weighted by Gasteiger charge is -2.43. The van der Waals surface area contributed by atoms with Gasteiger partial charge in [0.05, 0.1) is 25.2 Å². The molecule has 3 unspecified atom stereocenters. The van der Waals surface area contributed by atoms with Crippen molar-refractivity contribution in [1.29, 1.82) is 5.26 Å².